The van der Waals surface area contributed by atoms with Crippen LogP contribution in [-0.2, 0) is 0 Å². The van der Waals surface area contributed by atoms with Gasteiger partial charge in [-0.05, 0) is 27.7 Å². The Morgan fingerprint density at radius 1 is 1.50 bits per heavy atom. The Hall–Kier alpha value is -1.19. The Kier molecular flexibility index (Phi) is 3.03. The fraction of sp³-hybridized carbons (Fsp3) is 0.700. The summed E-state index contributed by atoms with van der Waals surface area (Å²) in [5, 5.41) is 4.43. The summed E-state index contributed by atoms with van der Waals surface area (Å²) in [4.78, 5) is 2.12. The van der Waals surface area contributed by atoms with E-state index in [2.05, 4.69) is 30.8 Å². The molecule has 4 heteroatoms. The second kappa shape index (κ2) is 3.90. The van der Waals surface area contributed by atoms with Crippen molar-refractivity contribution in [2.24, 2.45) is 0 Å². The summed E-state index contributed by atoms with van der Waals surface area (Å²) in [6, 6.07) is 0.343. The molecule has 1 heterocycles. The molecule has 0 radical (unpaired) electrons. The third-order valence-corrected chi connectivity index (χ3v) is 2.43. The molecule has 1 aromatic rings. The van der Waals surface area contributed by atoms with Gasteiger partial charge in [-0.15, -0.1) is 0 Å². The number of nitrogens with two attached hydrogens (primary N) is 1. The van der Waals surface area contributed by atoms with Gasteiger partial charge in [-0.3, -0.25) is 0 Å². The lowest BCUT2D eigenvalue weighted by molar-refractivity contribution is 0.527. The van der Waals surface area contributed by atoms with E-state index >= 15 is 0 Å². The van der Waals surface area contributed by atoms with Crippen LogP contribution in [-0.4, -0.2) is 23.4 Å². The van der Waals surface area contributed by atoms with Crippen molar-refractivity contribution in [3.05, 3.63) is 5.69 Å². The second-order valence-electron chi connectivity index (χ2n) is 3.88. The maximum Gasteiger partial charge on any atom is 0.150 e. The highest BCUT2D eigenvalue weighted by atomic mass is 15.4. The standard InChI is InChI=1S/C10H20N4/c1-6-13(5)10-9(11)8(4)12-14(10)7(2)3/h7H,6,11H2,1-5H3. The summed E-state index contributed by atoms with van der Waals surface area (Å²) in [6.07, 6.45) is 0. The summed E-state index contributed by atoms with van der Waals surface area (Å²) in [5.74, 6) is 1.03. The molecule has 1 rings (SSSR count). The molecular formula is C10H20N4. The van der Waals surface area contributed by atoms with Crippen LogP contribution in [0.2, 0.25) is 0 Å². The average molecular weight is 196 g/mol. The first-order chi connectivity index (χ1) is 6.49. The molecule has 80 valence electrons. The molecule has 1 aromatic heterocycles. The minimum atomic E-state index is 0.343. The van der Waals surface area contributed by atoms with E-state index in [0.29, 0.717) is 6.04 Å². The molecule has 0 saturated heterocycles. The average Bonchev–Trinajstić information content (AvgIpc) is 2.43. The first kappa shape index (κ1) is 10.9. The van der Waals surface area contributed by atoms with E-state index in [-0.39, 0.29) is 0 Å². The zero-order valence-electron chi connectivity index (χ0n) is 9.70. The third-order valence-electron chi connectivity index (χ3n) is 2.43. The number of hydrogen-bond acceptors (Lipinski definition) is 3. The minimum Gasteiger partial charge on any atom is -0.394 e. The zero-order valence-corrected chi connectivity index (χ0v) is 9.70. The van der Waals surface area contributed by atoms with Gasteiger partial charge in [0.05, 0.1) is 11.4 Å². The largest absolute Gasteiger partial charge is 0.394 e. The van der Waals surface area contributed by atoms with E-state index in [1.165, 1.54) is 0 Å². The summed E-state index contributed by atoms with van der Waals surface area (Å²) in [6.45, 7) is 9.20. The van der Waals surface area contributed by atoms with Crippen molar-refractivity contribution in [2.75, 3.05) is 24.2 Å². The Bertz CT molecular complexity index is 314. The van der Waals surface area contributed by atoms with Crippen LogP contribution < -0.4 is 10.6 Å². The highest BCUT2D eigenvalue weighted by Crippen LogP contribution is 2.27. The van der Waals surface area contributed by atoms with Crippen LogP contribution in [0.5, 0.6) is 0 Å². The lowest BCUT2D eigenvalue weighted by Gasteiger charge is -2.20. The number of nitrogen functional groups attached to an aromatic ring is 1. The van der Waals surface area contributed by atoms with Gasteiger partial charge in [-0.25, -0.2) is 4.68 Å². The molecule has 0 saturated carbocycles. The zero-order chi connectivity index (χ0) is 10.9. The maximum absolute atomic E-state index is 5.99. The van der Waals surface area contributed by atoms with E-state index in [4.69, 9.17) is 5.73 Å². The van der Waals surface area contributed by atoms with E-state index in [1.807, 2.05) is 18.7 Å². The van der Waals surface area contributed by atoms with Crippen molar-refractivity contribution in [3.63, 3.8) is 0 Å². The van der Waals surface area contributed by atoms with Gasteiger partial charge in [0.1, 0.15) is 0 Å². The van der Waals surface area contributed by atoms with Crippen molar-refractivity contribution < 1.29 is 0 Å². The number of anilines is 2. The van der Waals surface area contributed by atoms with Crippen LogP contribution in [0.15, 0.2) is 0 Å². The van der Waals surface area contributed by atoms with Gasteiger partial charge in [0, 0.05) is 19.6 Å². The molecule has 4 nitrogen and oxygen atoms in total. The molecule has 14 heavy (non-hydrogen) atoms. The molecule has 0 amide bonds. The molecule has 0 bridgehead atoms. The number of nitrogens with zero attached hydrogens (tertiary/aromatic N) is 3. The van der Waals surface area contributed by atoms with Crippen LogP contribution in [0.3, 0.4) is 0 Å². The van der Waals surface area contributed by atoms with Gasteiger partial charge < -0.3 is 10.6 Å². The number of rotatable bonds is 3. The van der Waals surface area contributed by atoms with Crippen molar-refractivity contribution >= 4 is 11.5 Å². The van der Waals surface area contributed by atoms with Gasteiger partial charge in [-0.2, -0.15) is 5.10 Å². The quantitative estimate of drug-likeness (QED) is 0.802. The lowest BCUT2D eigenvalue weighted by atomic mass is 10.3. The van der Waals surface area contributed by atoms with Crippen molar-refractivity contribution in [1.29, 1.82) is 0 Å². The smallest absolute Gasteiger partial charge is 0.150 e. The minimum absolute atomic E-state index is 0.343. The maximum atomic E-state index is 5.99. The van der Waals surface area contributed by atoms with E-state index in [1.54, 1.807) is 0 Å². The first-order valence-electron chi connectivity index (χ1n) is 5.04. The highest BCUT2D eigenvalue weighted by molar-refractivity contribution is 5.66. The van der Waals surface area contributed by atoms with Gasteiger partial charge in [0.2, 0.25) is 0 Å². The number of aryl methyl sites for hydroxylation is 1. The van der Waals surface area contributed by atoms with Crippen molar-refractivity contribution in [1.82, 2.24) is 9.78 Å². The van der Waals surface area contributed by atoms with Crippen LogP contribution in [0, 0.1) is 6.92 Å². The summed E-state index contributed by atoms with van der Waals surface area (Å²) in [7, 11) is 2.03. The van der Waals surface area contributed by atoms with Gasteiger partial charge in [0.15, 0.2) is 5.82 Å². The third kappa shape index (κ3) is 1.69. The van der Waals surface area contributed by atoms with Crippen LogP contribution in [0.1, 0.15) is 32.5 Å². The lowest BCUT2D eigenvalue weighted by Crippen LogP contribution is -2.22. The molecule has 0 aliphatic heterocycles. The second-order valence-corrected chi connectivity index (χ2v) is 3.88. The SMILES string of the molecule is CCN(C)c1c(N)c(C)nn1C(C)C. The Balaban J connectivity index is 3.23. The monoisotopic (exact) mass is 196 g/mol. The molecule has 0 aliphatic rings. The summed E-state index contributed by atoms with van der Waals surface area (Å²) < 4.78 is 1.98. The van der Waals surface area contributed by atoms with Crippen LogP contribution in [0.25, 0.3) is 0 Å². The molecule has 0 aliphatic carbocycles. The number of hydrogen-bond donors (Lipinski definition) is 1. The van der Waals surface area contributed by atoms with Crippen LogP contribution in [0.4, 0.5) is 11.5 Å². The fourth-order valence-corrected chi connectivity index (χ4v) is 1.44. The van der Waals surface area contributed by atoms with Crippen molar-refractivity contribution in [2.45, 2.75) is 33.7 Å². The molecule has 0 atom stereocenters. The Morgan fingerprint density at radius 2 is 2.07 bits per heavy atom. The molecule has 0 fully saturated rings. The van der Waals surface area contributed by atoms with E-state index in [0.717, 1.165) is 23.7 Å². The molecular weight excluding hydrogens is 176 g/mol. The van der Waals surface area contributed by atoms with E-state index in [9.17, 15) is 0 Å². The molecule has 2 N–H and O–H groups in total. The molecule has 0 aromatic carbocycles. The number of aromatic nitrogens is 2. The summed E-state index contributed by atoms with van der Waals surface area (Å²) >= 11 is 0. The molecule has 0 spiro atoms. The first-order valence-corrected chi connectivity index (χ1v) is 5.04. The topological polar surface area (TPSA) is 47.1 Å². The van der Waals surface area contributed by atoms with Crippen molar-refractivity contribution in [3.8, 4) is 0 Å². The van der Waals surface area contributed by atoms with Gasteiger partial charge in [0.25, 0.3) is 0 Å². The molecule has 0 unspecified atom stereocenters. The predicted molar refractivity (Wildman–Crippen MR) is 60.7 cm³/mol. The normalized spacial score (nSPS) is 11.0. The van der Waals surface area contributed by atoms with E-state index < -0.39 is 0 Å². The Labute approximate surface area is 85.7 Å². The summed E-state index contributed by atoms with van der Waals surface area (Å²) in [5.41, 5.74) is 7.70. The van der Waals surface area contributed by atoms with Gasteiger partial charge >= 0.3 is 0 Å². The highest BCUT2D eigenvalue weighted by Gasteiger charge is 2.16. The van der Waals surface area contributed by atoms with Crippen LogP contribution >= 0.6 is 0 Å². The predicted octanol–water partition coefficient (Wildman–Crippen LogP) is 1.81. The fourth-order valence-electron chi connectivity index (χ4n) is 1.44. The Morgan fingerprint density at radius 3 is 2.50 bits per heavy atom. The van der Waals surface area contributed by atoms with Gasteiger partial charge in [-0.1, -0.05) is 0 Å².